The third-order valence-corrected chi connectivity index (χ3v) is 4.50. The molecule has 0 aliphatic heterocycles. The van der Waals surface area contributed by atoms with Crippen LogP contribution in [0.3, 0.4) is 0 Å². The molecule has 5 nitrogen and oxygen atoms in total. The normalized spacial score (nSPS) is 11.6. The van der Waals surface area contributed by atoms with Crippen LogP contribution in [0.5, 0.6) is 0 Å². The Bertz CT molecular complexity index is 1250. The van der Waals surface area contributed by atoms with Gasteiger partial charge in [0.25, 0.3) is 0 Å². The Morgan fingerprint density at radius 3 is 2.45 bits per heavy atom. The van der Waals surface area contributed by atoms with Crippen LogP contribution in [0.1, 0.15) is 11.1 Å². The van der Waals surface area contributed by atoms with Crippen molar-refractivity contribution in [1.82, 2.24) is 15.0 Å². The van der Waals surface area contributed by atoms with Crippen LogP contribution < -0.4 is 10.9 Å². The topological polar surface area (TPSA) is 70.7 Å². The number of H-pyrrole nitrogens is 1. The molecule has 0 saturated carbocycles. The number of aromatic amines is 1. The number of pyridine rings is 1. The lowest BCUT2D eigenvalue weighted by Gasteiger charge is -2.10. The molecule has 4 aromatic rings. The van der Waals surface area contributed by atoms with Crippen LogP contribution in [0.2, 0.25) is 0 Å². The van der Waals surface area contributed by atoms with E-state index in [4.69, 9.17) is 0 Å². The van der Waals surface area contributed by atoms with E-state index in [9.17, 15) is 18.0 Å². The highest BCUT2D eigenvalue weighted by atomic mass is 19.4. The van der Waals surface area contributed by atoms with Gasteiger partial charge in [0.05, 0.1) is 16.8 Å². The molecule has 0 unspecified atom stereocenters. The number of hydrogen-bond acceptors (Lipinski definition) is 4. The molecule has 0 spiro atoms. The number of aromatic nitrogens is 3. The molecule has 2 heterocycles. The minimum atomic E-state index is -4.38. The van der Waals surface area contributed by atoms with Crippen LogP contribution in [-0.2, 0) is 6.18 Å². The van der Waals surface area contributed by atoms with Crippen molar-refractivity contribution >= 4 is 22.4 Å². The number of hydrogen-bond donors (Lipinski definition) is 2. The third-order valence-electron chi connectivity index (χ3n) is 4.50. The summed E-state index contributed by atoms with van der Waals surface area (Å²) in [5.41, 5.74) is 2.41. The SMILES string of the molecule is Cc1cc(=O)[nH]c2cc(Nc3cc(-c4ccc(C(F)(F)F)cc4)ncn3)ccc12. The molecule has 2 N–H and O–H groups in total. The Hall–Kier alpha value is -3.68. The number of alkyl halides is 3. The van der Waals surface area contributed by atoms with Crippen LogP contribution in [0.4, 0.5) is 24.7 Å². The molecule has 4 rings (SSSR count). The maximum atomic E-state index is 12.7. The van der Waals surface area contributed by atoms with Gasteiger partial charge in [-0.3, -0.25) is 4.79 Å². The molecule has 29 heavy (non-hydrogen) atoms. The van der Waals surface area contributed by atoms with E-state index >= 15 is 0 Å². The van der Waals surface area contributed by atoms with Crippen molar-refractivity contribution in [1.29, 1.82) is 0 Å². The number of nitrogens with one attached hydrogen (secondary N) is 2. The Kier molecular flexibility index (Phi) is 4.54. The number of anilines is 2. The number of aryl methyl sites for hydroxylation is 1. The molecule has 0 fully saturated rings. The number of halogens is 3. The first kappa shape index (κ1) is 18.7. The zero-order chi connectivity index (χ0) is 20.6. The van der Waals surface area contributed by atoms with Gasteiger partial charge in [-0.25, -0.2) is 9.97 Å². The van der Waals surface area contributed by atoms with Crippen molar-refractivity contribution in [3.05, 3.63) is 82.4 Å². The van der Waals surface area contributed by atoms with Gasteiger partial charge in [-0.05, 0) is 36.8 Å². The molecular formula is C21H15F3N4O. The molecule has 0 amide bonds. The molecule has 0 aliphatic rings. The first-order valence-corrected chi connectivity index (χ1v) is 8.70. The molecule has 146 valence electrons. The molecule has 0 bridgehead atoms. The van der Waals surface area contributed by atoms with E-state index in [2.05, 4.69) is 20.3 Å². The van der Waals surface area contributed by atoms with E-state index in [0.29, 0.717) is 28.3 Å². The summed E-state index contributed by atoms with van der Waals surface area (Å²) in [6.45, 7) is 1.87. The Morgan fingerprint density at radius 1 is 0.966 bits per heavy atom. The zero-order valence-electron chi connectivity index (χ0n) is 15.2. The molecular weight excluding hydrogens is 381 g/mol. The fraction of sp³-hybridized carbons (Fsp3) is 0.0952. The van der Waals surface area contributed by atoms with Crippen LogP contribution in [0.25, 0.3) is 22.2 Å². The summed E-state index contributed by atoms with van der Waals surface area (Å²) in [5, 5.41) is 4.06. The van der Waals surface area contributed by atoms with Gasteiger partial charge in [0.1, 0.15) is 12.1 Å². The van der Waals surface area contributed by atoms with Gasteiger partial charge < -0.3 is 10.3 Å². The van der Waals surface area contributed by atoms with Gasteiger partial charge in [0.2, 0.25) is 5.56 Å². The van der Waals surface area contributed by atoms with Crippen LogP contribution >= 0.6 is 0 Å². The summed E-state index contributed by atoms with van der Waals surface area (Å²) in [5.74, 6) is 0.476. The van der Waals surface area contributed by atoms with Gasteiger partial charge in [0.15, 0.2) is 0 Å². The highest BCUT2D eigenvalue weighted by Crippen LogP contribution is 2.31. The maximum absolute atomic E-state index is 12.7. The second-order valence-electron chi connectivity index (χ2n) is 6.57. The predicted molar refractivity (Wildman–Crippen MR) is 105 cm³/mol. The minimum Gasteiger partial charge on any atom is -0.340 e. The van der Waals surface area contributed by atoms with Gasteiger partial charge in [-0.1, -0.05) is 18.2 Å². The van der Waals surface area contributed by atoms with E-state index < -0.39 is 11.7 Å². The first-order valence-electron chi connectivity index (χ1n) is 8.70. The van der Waals surface area contributed by atoms with Crippen LogP contribution in [0.15, 0.2) is 65.7 Å². The standard InChI is InChI=1S/C21H15F3N4O/c1-12-8-20(29)28-18-9-15(6-7-16(12)18)27-19-10-17(25-11-26-19)13-2-4-14(5-3-13)21(22,23)24/h2-11H,1H3,(H,28,29)(H,25,26,27). The number of fused-ring (bicyclic) bond motifs is 1. The van der Waals surface area contributed by atoms with Gasteiger partial charge in [-0.15, -0.1) is 0 Å². The molecule has 2 aromatic carbocycles. The Morgan fingerprint density at radius 2 is 1.72 bits per heavy atom. The van der Waals surface area contributed by atoms with Crippen LogP contribution in [-0.4, -0.2) is 15.0 Å². The first-order chi connectivity index (χ1) is 13.8. The average Bonchev–Trinajstić information content (AvgIpc) is 2.67. The minimum absolute atomic E-state index is 0.182. The molecule has 0 atom stereocenters. The summed E-state index contributed by atoms with van der Waals surface area (Å²) in [6, 6.07) is 13.5. The summed E-state index contributed by atoms with van der Waals surface area (Å²) in [4.78, 5) is 22.8. The van der Waals surface area contributed by atoms with Crippen molar-refractivity contribution in [3.63, 3.8) is 0 Å². The Balaban J connectivity index is 1.62. The van der Waals surface area contributed by atoms with Crippen molar-refractivity contribution in [2.75, 3.05) is 5.32 Å². The average molecular weight is 396 g/mol. The van der Waals surface area contributed by atoms with Crippen LogP contribution in [0, 0.1) is 6.92 Å². The second kappa shape index (κ2) is 7.05. The summed E-state index contributed by atoms with van der Waals surface area (Å²) < 4.78 is 38.2. The lowest BCUT2D eigenvalue weighted by atomic mass is 10.1. The highest BCUT2D eigenvalue weighted by molar-refractivity contribution is 5.85. The quantitative estimate of drug-likeness (QED) is 0.508. The number of benzene rings is 2. The number of rotatable bonds is 3. The van der Waals surface area contributed by atoms with Crippen molar-refractivity contribution in [2.24, 2.45) is 0 Å². The zero-order valence-corrected chi connectivity index (χ0v) is 15.2. The van der Waals surface area contributed by atoms with Gasteiger partial charge in [-0.2, -0.15) is 13.2 Å². The van der Waals surface area contributed by atoms with E-state index in [-0.39, 0.29) is 5.56 Å². The van der Waals surface area contributed by atoms with E-state index in [1.54, 1.807) is 12.1 Å². The number of nitrogens with zero attached hydrogens (tertiary/aromatic N) is 2. The molecule has 0 radical (unpaired) electrons. The predicted octanol–water partition coefficient (Wildman–Crippen LogP) is 5.06. The Labute approximate surface area is 163 Å². The molecule has 2 aromatic heterocycles. The molecule has 0 saturated heterocycles. The smallest absolute Gasteiger partial charge is 0.340 e. The molecule has 0 aliphatic carbocycles. The highest BCUT2D eigenvalue weighted by Gasteiger charge is 2.30. The van der Waals surface area contributed by atoms with E-state index in [0.717, 1.165) is 23.1 Å². The van der Waals surface area contributed by atoms with Crippen molar-refractivity contribution in [3.8, 4) is 11.3 Å². The largest absolute Gasteiger partial charge is 0.416 e. The van der Waals surface area contributed by atoms with E-state index in [1.165, 1.54) is 24.5 Å². The fourth-order valence-electron chi connectivity index (χ4n) is 3.07. The monoisotopic (exact) mass is 396 g/mol. The second-order valence-corrected chi connectivity index (χ2v) is 6.57. The summed E-state index contributed by atoms with van der Waals surface area (Å²) in [7, 11) is 0. The molecule has 8 heteroatoms. The van der Waals surface area contributed by atoms with Gasteiger partial charge in [0, 0.05) is 28.8 Å². The lowest BCUT2D eigenvalue weighted by Crippen LogP contribution is -2.05. The fourth-order valence-corrected chi connectivity index (χ4v) is 3.07. The maximum Gasteiger partial charge on any atom is 0.416 e. The third kappa shape index (κ3) is 3.96. The van der Waals surface area contributed by atoms with E-state index in [1.807, 2.05) is 19.1 Å². The van der Waals surface area contributed by atoms with Gasteiger partial charge >= 0.3 is 6.18 Å². The summed E-state index contributed by atoms with van der Waals surface area (Å²) in [6.07, 6.45) is -3.05. The van der Waals surface area contributed by atoms with Crippen molar-refractivity contribution < 1.29 is 13.2 Å². The lowest BCUT2D eigenvalue weighted by molar-refractivity contribution is -0.137. The summed E-state index contributed by atoms with van der Waals surface area (Å²) >= 11 is 0. The van der Waals surface area contributed by atoms with Crippen molar-refractivity contribution in [2.45, 2.75) is 13.1 Å².